The van der Waals surface area contributed by atoms with Crippen molar-refractivity contribution in [2.75, 3.05) is 25.1 Å². The summed E-state index contributed by atoms with van der Waals surface area (Å²) >= 11 is 5.47. The van der Waals surface area contributed by atoms with Crippen LogP contribution in [-0.4, -0.2) is 41.1 Å². The maximum atomic E-state index is 10.2. The number of halogens is 1. The van der Waals surface area contributed by atoms with Gasteiger partial charge in [0.2, 0.25) is 0 Å². The van der Waals surface area contributed by atoms with Crippen LogP contribution in [0.5, 0.6) is 0 Å². The van der Waals surface area contributed by atoms with Gasteiger partial charge in [-0.2, -0.15) is 11.8 Å². The SMILES string of the molecule is CN(CCC(O)c1cccc(Br)c1)C1CCSC1. The topological polar surface area (TPSA) is 23.5 Å². The fraction of sp³-hybridized carbons (Fsp3) is 0.571. The van der Waals surface area contributed by atoms with E-state index in [4.69, 9.17) is 0 Å². The molecule has 0 bridgehead atoms. The van der Waals surface area contributed by atoms with Gasteiger partial charge >= 0.3 is 0 Å². The van der Waals surface area contributed by atoms with Crippen molar-refractivity contribution in [2.24, 2.45) is 0 Å². The van der Waals surface area contributed by atoms with Crippen molar-refractivity contribution >= 4 is 27.7 Å². The van der Waals surface area contributed by atoms with Crippen LogP contribution in [0.2, 0.25) is 0 Å². The minimum atomic E-state index is -0.362. The van der Waals surface area contributed by atoms with Crippen LogP contribution in [0.25, 0.3) is 0 Å². The third kappa shape index (κ3) is 3.98. The van der Waals surface area contributed by atoms with Crippen LogP contribution in [0, 0.1) is 0 Å². The first-order valence-corrected chi connectivity index (χ1v) is 8.33. The highest BCUT2D eigenvalue weighted by molar-refractivity contribution is 9.10. The molecule has 1 fully saturated rings. The average Bonchev–Trinajstić information content (AvgIpc) is 2.89. The van der Waals surface area contributed by atoms with Crippen molar-refractivity contribution in [1.29, 1.82) is 0 Å². The second-order valence-electron chi connectivity index (χ2n) is 4.86. The van der Waals surface area contributed by atoms with Crippen molar-refractivity contribution in [3.8, 4) is 0 Å². The monoisotopic (exact) mass is 329 g/mol. The zero-order valence-electron chi connectivity index (χ0n) is 10.7. The fourth-order valence-electron chi connectivity index (χ4n) is 2.26. The van der Waals surface area contributed by atoms with Gasteiger partial charge in [-0.1, -0.05) is 28.1 Å². The minimum absolute atomic E-state index is 0.362. The first-order chi connectivity index (χ1) is 8.66. The van der Waals surface area contributed by atoms with E-state index in [0.29, 0.717) is 6.04 Å². The Morgan fingerprint density at radius 1 is 1.56 bits per heavy atom. The first kappa shape index (κ1) is 14.4. The van der Waals surface area contributed by atoms with E-state index < -0.39 is 0 Å². The van der Waals surface area contributed by atoms with Crippen LogP contribution in [0.15, 0.2) is 28.7 Å². The van der Waals surface area contributed by atoms with Gasteiger partial charge in [-0.05, 0) is 43.3 Å². The average molecular weight is 330 g/mol. The lowest BCUT2D eigenvalue weighted by molar-refractivity contribution is 0.140. The van der Waals surface area contributed by atoms with Crippen LogP contribution in [0.1, 0.15) is 24.5 Å². The Morgan fingerprint density at radius 3 is 3.06 bits per heavy atom. The van der Waals surface area contributed by atoms with E-state index in [1.165, 1.54) is 17.9 Å². The first-order valence-electron chi connectivity index (χ1n) is 6.38. The van der Waals surface area contributed by atoms with Crippen molar-refractivity contribution in [3.63, 3.8) is 0 Å². The van der Waals surface area contributed by atoms with Gasteiger partial charge in [0.1, 0.15) is 0 Å². The third-order valence-electron chi connectivity index (χ3n) is 3.52. The molecule has 1 N–H and O–H groups in total. The summed E-state index contributed by atoms with van der Waals surface area (Å²) in [7, 11) is 2.17. The summed E-state index contributed by atoms with van der Waals surface area (Å²) in [6.07, 6.45) is 1.72. The highest BCUT2D eigenvalue weighted by Gasteiger charge is 2.20. The van der Waals surface area contributed by atoms with E-state index in [9.17, 15) is 5.11 Å². The molecule has 0 amide bonds. The maximum Gasteiger partial charge on any atom is 0.0802 e. The fourth-order valence-corrected chi connectivity index (χ4v) is 3.97. The quantitative estimate of drug-likeness (QED) is 0.896. The van der Waals surface area contributed by atoms with Crippen LogP contribution in [0.4, 0.5) is 0 Å². The summed E-state index contributed by atoms with van der Waals surface area (Å²) in [6.45, 7) is 0.957. The molecule has 2 nitrogen and oxygen atoms in total. The number of benzene rings is 1. The van der Waals surface area contributed by atoms with Crippen molar-refractivity contribution in [1.82, 2.24) is 4.90 Å². The van der Waals surface area contributed by atoms with Crippen LogP contribution < -0.4 is 0 Å². The molecule has 4 heteroatoms. The lowest BCUT2D eigenvalue weighted by atomic mass is 10.1. The van der Waals surface area contributed by atoms with E-state index in [2.05, 4.69) is 27.9 Å². The van der Waals surface area contributed by atoms with E-state index in [0.717, 1.165) is 23.0 Å². The van der Waals surface area contributed by atoms with Gasteiger partial charge < -0.3 is 10.0 Å². The normalized spacial score (nSPS) is 21.4. The Bertz CT molecular complexity index is 382. The number of thioether (sulfide) groups is 1. The Hall–Kier alpha value is -0.0300. The van der Waals surface area contributed by atoms with Crippen LogP contribution in [-0.2, 0) is 0 Å². The second kappa shape index (κ2) is 6.94. The van der Waals surface area contributed by atoms with Crippen molar-refractivity contribution in [3.05, 3.63) is 34.3 Å². The van der Waals surface area contributed by atoms with Crippen LogP contribution in [0.3, 0.4) is 0 Å². The Labute approximate surface area is 122 Å². The molecule has 0 spiro atoms. The molecule has 1 aliphatic rings. The van der Waals surface area contributed by atoms with Gasteiger partial charge in [0.25, 0.3) is 0 Å². The predicted molar refractivity (Wildman–Crippen MR) is 82.1 cm³/mol. The lowest BCUT2D eigenvalue weighted by Crippen LogP contribution is -2.32. The standard InChI is InChI=1S/C14H20BrNOS/c1-16(13-6-8-18-10-13)7-5-14(17)11-3-2-4-12(15)9-11/h2-4,9,13-14,17H,5-8,10H2,1H3. The van der Waals surface area contributed by atoms with Gasteiger partial charge in [-0.25, -0.2) is 0 Å². The van der Waals surface area contributed by atoms with Crippen LogP contribution >= 0.6 is 27.7 Å². The summed E-state index contributed by atoms with van der Waals surface area (Å²) in [4.78, 5) is 2.39. The number of nitrogens with zero attached hydrogens (tertiary/aromatic N) is 1. The Kier molecular flexibility index (Phi) is 5.55. The molecule has 0 saturated carbocycles. The molecule has 2 rings (SSSR count). The zero-order chi connectivity index (χ0) is 13.0. The molecule has 0 aromatic heterocycles. The zero-order valence-corrected chi connectivity index (χ0v) is 13.1. The number of aliphatic hydroxyl groups is 1. The van der Waals surface area contributed by atoms with Gasteiger partial charge in [0.05, 0.1) is 6.10 Å². The minimum Gasteiger partial charge on any atom is -0.388 e. The van der Waals surface area contributed by atoms with E-state index in [-0.39, 0.29) is 6.10 Å². The van der Waals surface area contributed by atoms with E-state index in [1.807, 2.05) is 36.0 Å². The smallest absolute Gasteiger partial charge is 0.0802 e. The maximum absolute atomic E-state index is 10.2. The summed E-state index contributed by atoms with van der Waals surface area (Å²) in [5.74, 6) is 2.52. The molecule has 1 aliphatic heterocycles. The molecular formula is C14H20BrNOS. The molecule has 18 heavy (non-hydrogen) atoms. The van der Waals surface area contributed by atoms with Crippen molar-refractivity contribution in [2.45, 2.75) is 25.0 Å². The van der Waals surface area contributed by atoms with E-state index >= 15 is 0 Å². The van der Waals surface area contributed by atoms with Gasteiger partial charge in [0, 0.05) is 22.8 Å². The molecular weight excluding hydrogens is 310 g/mol. The largest absolute Gasteiger partial charge is 0.388 e. The molecule has 1 aromatic carbocycles. The number of aliphatic hydroxyl groups excluding tert-OH is 1. The van der Waals surface area contributed by atoms with Gasteiger partial charge in [-0.15, -0.1) is 0 Å². The summed E-state index contributed by atoms with van der Waals surface area (Å²) in [6, 6.07) is 8.64. The molecule has 0 radical (unpaired) electrons. The summed E-state index contributed by atoms with van der Waals surface area (Å²) in [5.41, 5.74) is 0.999. The van der Waals surface area contributed by atoms with E-state index in [1.54, 1.807) is 0 Å². The molecule has 2 atom stereocenters. The molecule has 1 heterocycles. The van der Waals surface area contributed by atoms with Gasteiger partial charge in [0.15, 0.2) is 0 Å². The highest BCUT2D eigenvalue weighted by atomic mass is 79.9. The summed E-state index contributed by atoms with van der Waals surface area (Å²) < 4.78 is 1.03. The Balaban J connectivity index is 1.82. The molecule has 100 valence electrons. The predicted octanol–water partition coefficient (Wildman–Crippen LogP) is 3.31. The number of rotatable bonds is 5. The third-order valence-corrected chi connectivity index (χ3v) is 5.16. The number of hydrogen-bond donors (Lipinski definition) is 1. The van der Waals surface area contributed by atoms with Gasteiger partial charge in [-0.3, -0.25) is 0 Å². The second-order valence-corrected chi connectivity index (χ2v) is 6.92. The van der Waals surface area contributed by atoms with Crippen molar-refractivity contribution < 1.29 is 5.11 Å². The molecule has 1 saturated heterocycles. The summed E-state index contributed by atoms with van der Waals surface area (Å²) in [5, 5.41) is 10.2. The Morgan fingerprint density at radius 2 is 2.39 bits per heavy atom. The molecule has 2 unspecified atom stereocenters. The molecule has 1 aromatic rings. The number of hydrogen-bond acceptors (Lipinski definition) is 3. The lowest BCUT2D eigenvalue weighted by Gasteiger charge is -2.24. The molecule has 0 aliphatic carbocycles. The highest BCUT2D eigenvalue weighted by Crippen LogP contribution is 2.24.